The predicted octanol–water partition coefficient (Wildman–Crippen LogP) is 2.67. The van der Waals surface area contributed by atoms with E-state index in [9.17, 15) is 13.2 Å². The molecule has 2 aromatic heterocycles. The van der Waals surface area contributed by atoms with Crippen molar-refractivity contribution in [2.45, 2.75) is 24.3 Å². The summed E-state index contributed by atoms with van der Waals surface area (Å²) in [6.45, 7) is 3.32. The zero-order valence-corrected chi connectivity index (χ0v) is 19.0. The second-order valence-corrected chi connectivity index (χ2v) is 10.1. The smallest absolute Gasteiger partial charge is 0.354 e. The number of hydrogen-bond acceptors (Lipinski definition) is 8. The number of likely N-dealkylation sites (N-methyl/N-ethyl adjacent to an activating group) is 1. The van der Waals surface area contributed by atoms with Crippen LogP contribution in [-0.4, -0.2) is 67.0 Å². The molecule has 0 bridgehead atoms. The molecular formula is C21H26N6O4S. The van der Waals surface area contributed by atoms with E-state index >= 15 is 0 Å². The lowest BCUT2D eigenvalue weighted by Crippen LogP contribution is -2.51. The molecule has 0 saturated carbocycles. The highest BCUT2D eigenvalue weighted by atomic mass is 32.2. The molecule has 11 heteroatoms. The number of nitrogens with zero attached hydrogens (tertiary/aromatic N) is 4. The van der Waals surface area contributed by atoms with Crippen LogP contribution in [0.15, 0.2) is 47.8 Å². The SMILES string of the molecule is CC1CCN(OC(=O)Nc2ccc(S(C)(=O)=O)cc2)CC1N(C)c1ncnc2[nH]ccc12. The van der Waals surface area contributed by atoms with E-state index in [0.717, 1.165) is 29.5 Å². The number of amides is 1. The van der Waals surface area contributed by atoms with Crippen molar-refractivity contribution in [1.82, 2.24) is 20.0 Å². The van der Waals surface area contributed by atoms with Crippen LogP contribution >= 0.6 is 0 Å². The van der Waals surface area contributed by atoms with Gasteiger partial charge in [0.25, 0.3) is 0 Å². The van der Waals surface area contributed by atoms with E-state index in [4.69, 9.17) is 4.84 Å². The highest BCUT2D eigenvalue weighted by Gasteiger charge is 2.32. The maximum Gasteiger partial charge on any atom is 0.430 e. The first-order chi connectivity index (χ1) is 15.2. The van der Waals surface area contributed by atoms with Crippen LogP contribution in [-0.2, 0) is 14.7 Å². The lowest BCUT2D eigenvalue weighted by atomic mass is 9.93. The molecule has 1 saturated heterocycles. The standard InChI is InChI=1S/C21H26N6O4S/c1-14-9-11-27(31-21(28)25-15-4-6-16(7-5-15)32(3,29)30)12-18(14)26(2)20-17-8-10-22-19(17)23-13-24-20/h4-8,10,13-14,18H,9,11-12H2,1-3H3,(H,25,28)(H,22,23,24). The van der Waals surface area contributed by atoms with E-state index in [1.54, 1.807) is 5.06 Å². The molecule has 4 rings (SSSR count). The number of aromatic nitrogens is 3. The van der Waals surface area contributed by atoms with Crippen molar-refractivity contribution in [2.75, 3.05) is 36.6 Å². The van der Waals surface area contributed by atoms with Crippen molar-refractivity contribution < 1.29 is 18.0 Å². The maximum atomic E-state index is 12.4. The van der Waals surface area contributed by atoms with E-state index in [-0.39, 0.29) is 10.9 Å². The van der Waals surface area contributed by atoms with Crippen LogP contribution in [0.2, 0.25) is 0 Å². The molecule has 1 aliphatic heterocycles. The summed E-state index contributed by atoms with van der Waals surface area (Å²) in [6.07, 6.45) is 4.74. The topological polar surface area (TPSA) is 121 Å². The Morgan fingerprint density at radius 1 is 1.25 bits per heavy atom. The fourth-order valence-corrected chi connectivity index (χ4v) is 4.58. The van der Waals surface area contributed by atoms with Crippen molar-refractivity contribution in [3.63, 3.8) is 0 Å². The van der Waals surface area contributed by atoms with Crippen LogP contribution in [0.3, 0.4) is 0 Å². The van der Waals surface area contributed by atoms with Gasteiger partial charge in [0.05, 0.1) is 16.8 Å². The van der Waals surface area contributed by atoms with Crippen LogP contribution in [0.4, 0.5) is 16.3 Å². The molecule has 0 radical (unpaired) electrons. The Labute approximate surface area is 186 Å². The van der Waals surface area contributed by atoms with Gasteiger partial charge in [-0.15, -0.1) is 5.06 Å². The number of nitrogens with one attached hydrogen (secondary N) is 2. The number of carbonyl (C=O) groups is 1. The highest BCUT2D eigenvalue weighted by Crippen LogP contribution is 2.28. The van der Waals surface area contributed by atoms with Gasteiger partial charge in [-0.2, -0.15) is 0 Å². The Bertz CT molecular complexity index is 1210. The number of carbonyl (C=O) groups excluding carboxylic acids is 1. The summed E-state index contributed by atoms with van der Waals surface area (Å²) in [5.74, 6) is 1.20. The van der Waals surface area contributed by atoms with Crippen LogP contribution in [0.5, 0.6) is 0 Å². The molecule has 2 N–H and O–H groups in total. The van der Waals surface area contributed by atoms with Crippen molar-refractivity contribution in [3.05, 3.63) is 42.9 Å². The van der Waals surface area contributed by atoms with Gasteiger partial charge >= 0.3 is 6.09 Å². The van der Waals surface area contributed by atoms with E-state index in [2.05, 4.69) is 32.1 Å². The summed E-state index contributed by atoms with van der Waals surface area (Å²) in [7, 11) is -1.30. The van der Waals surface area contributed by atoms with E-state index in [1.165, 1.54) is 30.6 Å². The van der Waals surface area contributed by atoms with E-state index in [1.807, 2.05) is 19.3 Å². The first-order valence-electron chi connectivity index (χ1n) is 10.3. The Morgan fingerprint density at radius 2 is 2.00 bits per heavy atom. The third kappa shape index (κ3) is 4.68. The normalized spacial score (nSPS) is 19.6. The Balaban J connectivity index is 1.41. The minimum absolute atomic E-state index is 0.0820. The average molecular weight is 459 g/mol. The zero-order valence-electron chi connectivity index (χ0n) is 18.1. The molecule has 2 atom stereocenters. The van der Waals surface area contributed by atoms with Crippen LogP contribution in [0.1, 0.15) is 13.3 Å². The molecule has 3 heterocycles. The van der Waals surface area contributed by atoms with Gasteiger partial charge in [0.15, 0.2) is 9.84 Å². The quantitative estimate of drug-likeness (QED) is 0.599. The minimum atomic E-state index is -3.29. The molecule has 3 aromatic rings. The summed E-state index contributed by atoms with van der Waals surface area (Å²) < 4.78 is 23.1. The number of fused-ring (bicyclic) bond motifs is 1. The molecule has 1 fully saturated rings. The number of anilines is 2. The number of rotatable bonds is 5. The van der Waals surface area contributed by atoms with Crippen LogP contribution in [0.25, 0.3) is 11.0 Å². The number of hydroxylamine groups is 2. The second-order valence-electron chi connectivity index (χ2n) is 8.07. The highest BCUT2D eigenvalue weighted by molar-refractivity contribution is 7.90. The van der Waals surface area contributed by atoms with Crippen molar-refractivity contribution >= 4 is 38.5 Å². The fourth-order valence-electron chi connectivity index (χ4n) is 3.95. The fraction of sp³-hybridized carbons (Fsp3) is 0.381. The van der Waals surface area contributed by atoms with Crippen LogP contribution in [0, 0.1) is 5.92 Å². The summed E-state index contributed by atoms with van der Waals surface area (Å²) in [5.41, 5.74) is 1.23. The summed E-state index contributed by atoms with van der Waals surface area (Å²) in [4.78, 5) is 32.0. The first-order valence-corrected chi connectivity index (χ1v) is 12.2. The lowest BCUT2D eigenvalue weighted by Gasteiger charge is -2.40. The number of benzene rings is 1. The molecule has 170 valence electrons. The monoisotopic (exact) mass is 458 g/mol. The molecule has 0 aliphatic carbocycles. The molecular weight excluding hydrogens is 432 g/mol. The minimum Gasteiger partial charge on any atom is -0.354 e. The number of H-pyrrole nitrogens is 1. The van der Waals surface area contributed by atoms with Gasteiger partial charge in [-0.25, -0.2) is 23.2 Å². The largest absolute Gasteiger partial charge is 0.430 e. The van der Waals surface area contributed by atoms with Crippen molar-refractivity contribution in [2.24, 2.45) is 5.92 Å². The van der Waals surface area contributed by atoms with Gasteiger partial charge in [-0.3, -0.25) is 5.32 Å². The van der Waals surface area contributed by atoms with E-state index < -0.39 is 15.9 Å². The summed E-state index contributed by atoms with van der Waals surface area (Å²) in [5, 5.41) is 5.23. The summed E-state index contributed by atoms with van der Waals surface area (Å²) in [6, 6.07) is 7.99. The van der Waals surface area contributed by atoms with Crippen LogP contribution < -0.4 is 10.2 Å². The predicted molar refractivity (Wildman–Crippen MR) is 121 cm³/mol. The van der Waals surface area contributed by atoms with Gasteiger partial charge in [0, 0.05) is 37.8 Å². The Hall–Kier alpha value is -3.18. The Kier molecular flexibility index (Phi) is 6.02. The third-order valence-electron chi connectivity index (χ3n) is 5.79. The number of aromatic amines is 1. The average Bonchev–Trinajstić information content (AvgIpc) is 3.23. The number of sulfone groups is 1. The first kappa shape index (κ1) is 22.0. The second kappa shape index (κ2) is 8.75. The van der Waals surface area contributed by atoms with Crippen molar-refractivity contribution in [1.29, 1.82) is 0 Å². The molecule has 1 aromatic carbocycles. The molecule has 2 unspecified atom stereocenters. The van der Waals surface area contributed by atoms with Gasteiger partial charge in [0.2, 0.25) is 0 Å². The van der Waals surface area contributed by atoms with Gasteiger partial charge in [-0.1, -0.05) is 6.92 Å². The summed E-state index contributed by atoms with van der Waals surface area (Å²) >= 11 is 0. The Morgan fingerprint density at radius 3 is 2.72 bits per heavy atom. The number of piperidine rings is 1. The molecule has 0 spiro atoms. The number of hydrogen-bond donors (Lipinski definition) is 2. The van der Waals surface area contributed by atoms with Crippen molar-refractivity contribution in [3.8, 4) is 0 Å². The molecule has 1 aliphatic rings. The van der Waals surface area contributed by atoms with E-state index in [0.29, 0.717) is 24.7 Å². The maximum absolute atomic E-state index is 12.4. The third-order valence-corrected chi connectivity index (χ3v) is 6.92. The molecule has 10 nitrogen and oxygen atoms in total. The lowest BCUT2D eigenvalue weighted by molar-refractivity contribution is -0.117. The van der Waals surface area contributed by atoms with Gasteiger partial charge in [0.1, 0.15) is 17.8 Å². The zero-order chi connectivity index (χ0) is 22.9. The molecule has 1 amide bonds. The van der Waals surface area contributed by atoms with Gasteiger partial charge < -0.3 is 14.7 Å². The molecule has 32 heavy (non-hydrogen) atoms. The van der Waals surface area contributed by atoms with Gasteiger partial charge in [-0.05, 0) is 42.7 Å².